The first-order valence-electron chi connectivity index (χ1n) is 7.79. The number of amides is 1. The molecule has 2 aromatic rings. The Morgan fingerprint density at radius 2 is 1.92 bits per heavy atom. The highest BCUT2D eigenvalue weighted by atomic mass is 16.5. The lowest BCUT2D eigenvalue weighted by Crippen LogP contribution is -2.35. The third-order valence-electron chi connectivity index (χ3n) is 3.37. The van der Waals surface area contributed by atoms with Gasteiger partial charge in [-0.15, -0.1) is 18.3 Å². The molecule has 132 valence electrons. The lowest BCUT2D eigenvalue weighted by Gasteiger charge is -2.18. The van der Waals surface area contributed by atoms with Crippen molar-refractivity contribution in [2.24, 2.45) is 0 Å². The van der Waals surface area contributed by atoms with E-state index in [2.05, 4.69) is 28.2 Å². The second-order valence-corrected chi connectivity index (χ2v) is 5.49. The maximum Gasteiger partial charge on any atom is 0.314 e. The standard InChI is InChI=1S/C17H21N5O3/c1-5-7-21(8-6-2)15(23)11-25-16(24)10-14-19-17-18-12(3)9-13(4)22(17)20-14/h5-6,9H,1-2,7-8,10-11H2,3-4H3. The molecule has 0 bridgehead atoms. The Bertz CT molecular complexity index is 802. The zero-order chi connectivity index (χ0) is 18.4. The number of hydrogen-bond acceptors (Lipinski definition) is 6. The summed E-state index contributed by atoms with van der Waals surface area (Å²) in [5.41, 5.74) is 1.69. The molecule has 0 spiro atoms. The molecule has 2 aromatic heterocycles. The quantitative estimate of drug-likeness (QED) is 0.525. The third-order valence-corrected chi connectivity index (χ3v) is 3.37. The van der Waals surface area contributed by atoms with Gasteiger partial charge in [-0.1, -0.05) is 12.2 Å². The van der Waals surface area contributed by atoms with Gasteiger partial charge in [0.1, 0.15) is 6.42 Å². The molecule has 25 heavy (non-hydrogen) atoms. The minimum Gasteiger partial charge on any atom is -0.455 e. The minimum atomic E-state index is -0.573. The summed E-state index contributed by atoms with van der Waals surface area (Å²) in [6.45, 7) is 11.3. The van der Waals surface area contributed by atoms with E-state index in [9.17, 15) is 9.59 Å². The number of nitrogens with zero attached hydrogens (tertiary/aromatic N) is 5. The van der Waals surface area contributed by atoms with Crippen molar-refractivity contribution in [2.45, 2.75) is 20.3 Å². The van der Waals surface area contributed by atoms with E-state index in [-0.39, 0.29) is 18.9 Å². The summed E-state index contributed by atoms with van der Waals surface area (Å²) in [6, 6.07) is 1.87. The average Bonchev–Trinajstić information content (AvgIpc) is 2.95. The largest absolute Gasteiger partial charge is 0.455 e. The third kappa shape index (κ3) is 4.72. The van der Waals surface area contributed by atoms with Gasteiger partial charge in [-0.05, 0) is 19.9 Å². The van der Waals surface area contributed by atoms with E-state index in [1.165, 1.54) is 4.90 Å². The van der Waals surface area contributed by atoms with Gasteiger partial charge in [0.2, 0.25) is 0 Å². The van der Waals surface area contributed by atoms with Crippen molar-refractivity contribution in [2.75, 3.05) is 19.7 Å². The van der Waals surface area contributed by atoms with E-state index >= 15 is 0 Å². The van der Waals surface area contributed by atoms with Gasteiger partial charge in [0.25, 0.3) is 11.7 Å². The fourth-order valence-electron chi connectivity index (χ4n) is 2.29. The Kier molecular flexibility index (Phi) is 5.99. The Labute approximate surface area is 145 Å². The van der Waals surface area contributed by atoms with Crippen LogP contribution in [0.2, 0.25) is 0 Å². The van der Waals surface area contributed by atoms with E-state index in [0.29, 0.717) is 24.7 Å². The fraction of sp³-hybridized carbons (Fsp3) is 0.353. The van der Waals surface area contributed by atoms with Crippen LogP contribution in [0.25, 0.3) is 5.78 Å². The van der Waals surface area contributed by atoms with Gasteiger partial charge in [0.15, 0.2) is 12.4 Å². The van der Waals surface area contributed by atoms with Crippen LogP contribution in [-0.4, -0.2) is 56.1 Å². The lowest BCUT2D eigenvalue weighted by molar-refractivity contribution is -0.151. The summed E-state index contributed by atoms with van der Waals surface area (Å²) < 4.78 is 6.59. The normalized spacial score (nSPS) is 10.5. The molecule has 0 aliphatic heterocycles. The number of esters is 1. The molecule has 0 aromatic carbocycles. The first-order chi connectivity index (χ1) is 11.9. The van der Waals surface area contributed by atoms with Gasteiger partial charge in [-0.25, -0.2) is 9.50 Å². The molecule has 8 nitrogen and oxygen atoms in total. The van der Waals surface area contributed by atoms with Gasteiger partial charge in [-0.2, -0.15) is 4.98 Å². The maximum atomic E-state index is 12.0. The predicted molar refractivity (Wildman–Crippen MR) is 91.9 cm³/mol. The molecule has 0 aliphatic rings. The van der Waals surface area contributed by atoms with Crippen LogP contribution in [0.15, 0.2) is 31.4 Å². The number of aromatic nitrogens is 4. The van der Waals surface area contributed by atoms with Gasteiger partial charge < -0.3 is 9.64 Å². The number of hydrogen-bond donors (Lipinski definition) is 0. The van der Waals surface area contributed by atoms with E-state index in [4.69, 9.17) is 4.74 Å². The van der Waals surface area contributed by atoms with Crippen molar-refractivity contribution >= 4 is 17.7 Å². The predicted octanol–water partition coefficient (Wildman–Crippen LogP) is 1.03. The molecule has 0 radical (unpaired) electrons. The highest BCUT2D eigenvalue weighted by Gasteiger charge is 2.16. The van der Waals surface area contributed by atoms with Gasteiger partial charge in [-0.3, -0.25) is 9.59 Å². The average molecular weight is 343 g/mol. The lowest BCUT2D eigenvalue weighted by atomic mass is 10.4. The van der Waals surface area contributed by atoms with E-state index in [0.717, 1.165) is 11.4 Å². The Morgan fingerprint density at radius 3 is 2.56 bits per heavy atom. The molecule has 0 fully saturated rings. The molecule has 2 rings (SSSR count). The smallest absolute Gasteiger partial charge is 0.314 e. The second kappa shape index (κ2) is 8.18. The molecule has 0 aliphatic carbocycles. The number of aryl methyl sites for hydroxylation is 2. The molecular weight excluding hydrogens is 322 g/mol. The topological polar surface area (TPSA) is 89.7 Å². The number of fused-ring (bicyclic) bond motifs is 1. The van der Waals surface area contributed by atoms with E-state index in [1.54, 1.807) is 16.7 Å². The molecule has 8 heteroatoms. The minimum absolute atomic E-state index is 0.127. The van der Waals surface area contributed by atoms with Crippen molar-refractivity contribution in [3.8, 4) is 0 Å². The number of carbonyl (C=O) groups excluding carboxylic acids is 2. The Morgan fingerprint density at radius 1 is 1.24 bits per heavy atom. The summed E-state index contributed by atoms with van der Waals surface area (Å²) in [7, 11) is 0. The van der Waals surface area contributed by atoms with Crippen LogP contribution in [0.5, 0.6) is 0 Å². The molecule has 0 saturated heterocycles. The number of rotatable bonds is 8. The van der Waals surface area contributed by atoms with Crippen LogP contribution in [0.3, 0.4) is 0 Å². The SMILES string of the molecule is C=CCN(CC=C)C(=O)COC(=O)Cc1nc2nc(C)cc(C)n2n1. The van der Waals surface area contributed by atoms with Gasteiger partial charge in [0, 0.05) is 24.5 Å². The monoisotopic (exact) mass is 343 g/mol. The van der Waals surface area contributed by atoms with E-state index in [1.807, 2.05) is 19.9 Å². The van der Waals surface area contributed by atoms with Crippen LogP contribution < -0.4 is 0 Å². The van der Waals surface area contributed by atoms with Crippen LogP contribution in [0.1, 0.15) is 17.2 Å². The first-order valence-corrected chi connectivity index (χ1v) is 7.79. The number of carbonyl (C=O) groups is 2. The molecule has 0 N–H and O–H groups in total. The fourth-order valence-corrected chi connectivity index (χ4v) is 2.29. The van der Waals surface area contributed by atoms with Crippen molar-refractivity contribution in [3.63, 3.8) is 0 Å². The first kappa shape index (κ1) is 18.3. The molecule has 0 saturated carbocycles. The summed E-state index contributed by atoms with van der Waals surface area (Å²) in [5, 5.41) is 4.23. The summed E-state index contributed by atoms with van der Waals surface area (Å²) in [6.07, 6.45) is 3.07. The Balaban J connectivity index is 1.96. The van der Waals surface area contributed by atoms with Crippen LogP contribution in [-0.2, 0) is 20.7 Å². The van der Waals surface area contributed by atoms with Gasteiger partial charge >= 0.3 is 5.97 Å². The van der Waals surface area contributed by atoms with Crippen molar-refractivity contribution in [3.05, 3.63) is 48.6 Å². The second-order valence-electron chi connectivity index (χ2n) is 5.49. The highest BCUT2D eigenvalue weighted by molar-refractivity contribution is 5.81. The summed E-state index contributed by atoms with van der Waals surface area (Å²) in [5.74, 6) is -0.160. The highest BCUT2D eigenvalue weighted by Crippen LogP contribution is 2.06. The molecule has 1 amide bonds. The summed E-state index contributed by atoms with van der Waals surface area (Å²) in [4.78, 5) is 33.9. The molecular formula is C17H21N5O3. The van der Waals surface area contributed by atoms with E-state index < -0.39 is 5.97 Å². The van der Waals surface area contributed by atoms with Crippen molar-refractivity contribution < 1.29 is 14.3 Å². The van der Waals surface area contributed by atoms with Crippen molar-refractivity contribution in [1.82, 2.24) is 24.5 Å². The zero-order valence-corrected chi connectivity index (χ0v) is 14.4. The zero-order valence-electron chi connectivity index (χ0n) is 14.4. The maximum absolute atomic E-state index is 12.0. The molecule has 0 unspecified atom stereocenters. The van der Waals surface area contributed by atoms with Crippen LogP contribution >= 0.6 is 0 Å². The Hall–Kier alpha value is -3.03. The summed E-state index contributed by atoms with van der Waals surface area (Å²) >= 11 is 0. The van der Waals surface area contributed by atoms with Crippen molar-refractivity contribution in [1.29, 1.82) is 0 Å². The molecule has 0 atom stereocenters. The van der Waals surface area contributed by atoms with Crippen LogP contribution in [0, 0.1) is 13.8 Å². The molecule has 2 heterocycles. The number of ether oxygens (including phenoxy) is 1. The van der Waals surface area contributed by atoms with Gasteiger partial charge in [0.05, 0.1) is 0 Å². The van der Waals surface area contributed by atoms with Crippen LogP contribution in [0.4, 0.5) is 0 Å².